The first-order valence-corrected chi connectivity index (χ1v) is 18.6. The van der Waals surface area contributed by atoms with Crippen molar-refractivity contribution < 1.29 is 29.0 Å². The first-order valence-electron chi connectivity index (χ1n) is 18.6. The van der Waals surface area contributed by atoms with E-state index in [9.17, 15) is 24.3 Å². The van der Waals surface area contributed by atoms with Crippen molar-refractivity contribution >= 4 is 23.6 Å². The molecule has 0 bridgehead atoms. The van der Waals surface area contributed by atoms with Crippen LogP contribution in [0.1, 0.15) is 120 Å². The average molecular weight is 653 g/mol. The van der Waals surface area contributed by atoms with E-state index in [-0.39, 0.29) is 58.3 Å². The minimum Gasteiger partial charge on any atom is -0.481 e. The van der Waals surface area contributed by atoms with Gasteiger partial charge in [0, 0.05) is 6.42 Å². The van der Waals surface area contributed by atoms with E-state index >= 15 is 0 Å². The van der Waals surface area contributed by atoms with Crippen LogP contribution in [-0.4, -0.2) is 53.0 Å². The predicted octanol–water partition coefficient (Wildman–Crippen LogP) is 6.32. The van der Waals surface area contributed by atoms with Gasteiger partial charge in [-0.3, -0.25) is 19.2 Å². The maximum atomic E-state index is 13.7. The Morgan fingerprint density at radius 1 is 0.915 bits per heavy atom. The topological polar surface area (TPSA) is 122 Å². The van der Waals surface area contributed by atoms with E-state index in [0.717, 1.165) is 56.9 Å². The van der Waals surface area contributed by atoms with Gasteiger partial charge in [-0.25, -0.2) is 0 Å². The number of carbonyl (C=O) groups is 4. The third kappa shape index (κ3) is 5.15. The van der Waals surface area contributed by atoms with E-state index in [1.807, 2.05) is 27.8 Å². The van der Waals surface area contributed by atoms with Crippen LogP contribution in [0.2, 0.25) is 0 Å². The summed E-state index contributed by atoms with van der Waals surface area (Å²) in [7, 11) is 1.81. The van der Waals surface area contributed by atoms with E-state index in [2.05, 4.69) is 45.3 Å². The molecule has 0 aromatic carbocycles. The smallest absolute Gasteiger partial charge is 0.309 e. The molecule has 1 amide bonds. The molecule has 47 heavy (non-hydrogen) atoms. The summed E-state index contributed by atoms with van der Waals surface area (Å²) in [4.78, 5) is 52.0. The van der Waals surface area contributed by atoms with Crippen LogP contribution in [0, 0.1) is 64.1 Å². The highest BCUT2D eigenvalue weighted by Crippen LogP contribution is 2.70. The summed E-state index contributed by atoms with van der Waals surface area (Å²) in [6.07, 6.45) is 8.81. The number of hydrogen-bond acceptors (Lipinski definition) is 6. The summed E-state index contributed by atoms with van der Waals surface area (Å²) < 4.78 is 6.20. The van der Waals surface area contributed by atoms with Crippen LogP contribution in [0.4, 0.5) is 0 Å². The highest BCUT2D eigenvalue weighted by molar-refractivity contribution is 6.02. The number of ether oxygens (including phenoxy) is 1. The number of rotatable bonds is 7. The number of carboxylic acids is 1. The van der Waals surface area contributed by atoms with Gasteiger partial charge in [0.15, 0.2) is 5.78 Å². The highest BCUT2D eigenvalue weighted by atomic mass is 16.5. The van der Waals surface area contributed by atoms with Gasteiger partial charge in [0.1, 0.15) is 6.10 Å². The molecule has 6 rings (SSSR count). The fourth-order valence-electron chi connectivity index (χ4n) is 12.3. The Bertz CT molecular complexity index is 1370. The minimum absolute atomic E-state index is 0.0402. The predicted molar refractivity (Wildman–Crippen MR) is 180 cm³/mol. The summed E-state index contributed by atoms with van der Waals surface area (Å²) in [6, 6.07) is 0. The third-order valence-corrected chi connectivity index (χ3v) is 15.3. The largest absolute Gasteiger partial charge is 0.481 e. The second-order valence-electron chi connectivity index (χ2n) is 18.1. The van der Waals surface area contributed by atoms with Gasteiger partial charge in [0.25, 0.3) is 0 Å². The van der Waals surface area contributed by atoms with Crippen molar-refractivity contribution in [3.63, 3.8) is 0 Å². The van der Waals surface area contributed by atoms with Crippen molar-refractivity contribution in [1.29, 1.82) is 0 Å². The van der Waals surface area contributed by atoms with Gasteiger partial charge < -0.3 is 20.5 Å². The van der Waals surface area contributed by atoms with Crippen LogP contribution >= 0.6 is 0 Å². The Hall–Kier alpha value is -2.22. The number of allylic oxidation sites excluding steroid dienone is 1. The number of ketones is 1. The molecule has 6 aliphatic rings. The average Bonchev–Trinajstić information content (AvgIpc) is 3.29. The van der Waals surface area contributed by atoms with Crippen molar-refractivity contribution in [2.75, 3.05) is 7.05 Å². The van der Waals surface area contributed by atoms with Gasteiger partial charge in [-0.05, 0) is 142 Å². The van der Waals surface area contributed by atoms with Gasteiger partial charge in [-0.2, -0.15) is 0 Å². The normalized spacial score (nSPS) is 44.5. The Balaban J connectivity index is 1.23. The van der Waals surface area contributed by atoms with Crippen molar-refractivity contribution in [2.45, 2.75) is 137 Å². The summed E-state index contributed by atoms with van der Waals surface area (Å²) in [5.74, 6) is 0.446. The van der Waals surface area contributed by atoms with Gasteiger partial charge in [-0.15, -0.1) is 0 Å². The SMILES string of the molecule is CNC(C)(C)C(=O)NC12CCC3C(CCC4C3(C)CCC3C(C)C(OC(=O)C5CC(C(=O)O)C5C)CCC34C)C1=C(C(C)C)C(=O)C2. The van der Waals surface area contributed by atoms with Crippen LogP contribution in [-0.2, 0) is 23.9 Å². The van der Waals surface area contributed by atoms with Crippen molar-refractivity contribution in [1.82, 2.24) is 10.6 Å². The zero-order valence-corrected chi connectivity index (χ0v) is 30.3. The number of hydrogen-bond donors (Lipinski definition) is 3. The Morgan fingerprint density at radius 2 is 1.55 bits per heavy atom. The van der Waals surface area contributed by atoms with Gasteiger partial charge >= 0.3 is 11.9 Å². The second kappa shape index (κ2) is 11.7. The standard InChI is InChI=1S/C39H60N2O6/c1-20(2)31-28(42)19-39(41-35(46)36(5,6)40-9)17-13-27-23(32(31)39)10-11-30-37(7)16-14-29(22(4)26(37)12-15-38(27,30)8)47-34(45)25-18-24(21(25)3)33(43)44/h20-27,29-30,40H,10-19H2,1-9H3,(H,41,46)(H,43,44). The maximum Gasteiger partial charge on any atom is 0.309 e. The van der Waals surface area contributed by atoms with Crippen molar-refractivity contribution in [2.24, 2.45) is 64.1 Å². The lowest BCUT2D eigenvalue weighted by molar-refractivity contribution is -0.196. The first-order chi connectivity index (χ1) is 21.9. The number of esters is 1. The maximum absolute atomic E-state index is 13.7. The number of aliphatic carboxylic acids is 1. The van der Waals surface area contributed by atoms with E-state index in [1.54, 1.807) is 0 Å². The number of likely N-dealkylation sites (N-methyl/N-ethyl adjacent to an activating group) is 1. The molecule has 5 fully saturated rings. The minimum atomic E-state index is -0.814. The molecule has 6 aliphatic carbocycles. The zero-order valence-electron chi connectivity index (χ0n) is 30.3. The molecule has 0 spiro atoms. The number of carboxylic acid groups (broad SMARTS) is 1. The summed E-state index contributed by atoms with van der Waals surface area (Å²) in [5, 5.41) is 16.0. The summed E-state index contributed by atoms with van der Waals surface area (Å²) in [6.45, 7) is 17.3. The molecule has 8 nitrogen and oxygen atoms in total. The molecule has 0 saturated heterocycles. The summed E-state index contributed by atoms with van der Waals surface area (Å²) >= 11 is 0. The lowest BCUT2D eigenvalue weighted by Crippen LogP contribution is -2.64. The van der Waals surface area contributed by atoms with E-state index in [1.165, 1.54) is 5.57 Å². The monoisotopic (exact) mass is 652 g/mol. The van der Waals surface area contributed by atoms with Gasteiger partial charge in [0.05, 0.1) is 22.9 Å². The number of amides is 1. The third-order valence-electron chi connectivity index (χ3n) is 15.3. The Morgan fingerprint density at radius 3 is 2.17 bits per heavy atom. The molecule has 262 valence electrons. The first kappa shape index (κ1) is 34.6. The second-order valence-corrected chi connectivity index (χ2v) is 18.1. The molecular formula is C39H60N2O6. The molecule has 0 radical (unpaired) electrons. The molecule has 12 atom stereocenters. The number of carbonyl (C=O) groups excluding carboxylic acids is 3. The fourth-order valence-corrected chi connectivity index (χ4v) is 12.3. The van der Waals surface area contributed by atoms with Crippen LogP contribution in [0.25, 0.3) is 0 Å². The lowest BCUT2D eigenvalue weighted by Gasteiger charge is -2.67. The van der Waals surface area contributed by atoms with E-state index in [4.69, 9.17) is 4.74 Å². The molecule has 0 heterocycles. The summed E-state index contributed by atoms with van der Waals surface area (Å²) in [5.41, 5.74) is 1.24. The Labute approximate surface area is 282 Å². The molecule has 0 aromatic heterocycles. The van der Waals surface area contributed by atoms with Gasteiger partial charge in [0.2, 0.25) is 5.91 Å². The van der Waals surface area contributed by atoms with Crippen LogP contribution < -0.4 is 10.6 Å². The molecular weight excluding hydrogens is 592 g/mol. The van der Waals surface area contributed by atoms with Crippen LogP contribution in [0.5, 0.6) is 0 Å². The lowest BCUT2D eigenvalue weighted by atomic mass is 9.38. The van der Waals surface area contributed by atoms with Crippen LogP contribution in [0.15, 0.2) is 11.1 Å². The highest BCUT2D eigenvalue weighted by Gasteiger charge is 2.65. The Kier molecular flexibility index (Phi) is 8.62. The molecule has 3 N–H and O–H groups in total. The zero-order chi connectivity index (χ0) is 34.4. The molecule has 0 aliphatic heterocycles. The quantitative estimate of drug-likeness (QED) is 0.275. The number of Topliss-reactive ketones (excluding diaryl/α,β-unsaturated/α-hetero) is 1. The van der Waals surface area contributed by atoms with Crippen molar-refractivity contribution in [3.05, 3.63) is 11.1 Å². The molecule has 12 unspecified atom stereocenters. The van der Waals surface area contributed by atoms with E-state index in [0.29, 0.717) is 36.5 Å². The van der Waals surface area contributed by atoms with E-state index < -0.39 is 23.0 Å². The fraction of sp³-hybridized carbons (Fsp3) is 0.846. The van der Waals surface area contributed by atoms with Crippen LogP contribution in [0.3, 0.4) is 0 Å². The number of fused-ring (bicyclic) bond motifs is 7. The molecule has 5 saturated carbocycles. The van der Waals surface area contributed by atoms with Crippen molar-refractivity contribution in [3.8, 4) is 0 Å². The van der Waals surface area contributed by atoms with Gasteiger partial charge in [-0.1, -0.05) is 41.5 Å². The molecule has 8 heteroatoms. The molecule has 0 aromatic rings. The number of nitrogens with one attached hydrogen (secondary N) is 2.